The maximum absolute atomic E-state index is 11.8. The Morgan fingerprint density at radius 3 is 2.59 bits per heavy atom. The summed E-state index contributed by atoms with van der Waals surface area (Å²) in [5, 5.41) is 12.6. The number of urea groups is 1. The van der Waals surface area contributed by atoms with Crippen molar-refractivity contribution in [1.29, 1.82) is 0 Å². The smallest absolute Gasteiger partial charge is 0.321 e. The van der Waals surface area contributed by atoms with Gasteiger partial charge >= 0.3 is 6.03 Å². The molecule has 1 aliphatic rings. The van der Waals surface area contributed by atoms with E-state index in [0.717, 1.165) is 12.8 Å². The van der Waals surface area contributed by atoms with Crippen molar-refractivity contribution >= 4 is 46.1 Å². The van der Waals surface area contributed by atoms with Crippen molar-refractivity contribution in [1.82, 2.24) is 20.8 Å². The van der Waals surface area contributed by atoms with E-state index in [-0.39, 0.29) is 11.9 Å². The zero-order valence-corrected chi connectivity index (χ0v) is 14.1. The average Bonchev–Trinajstić information content (AvgIpc) is 3.18. The number of carbonyl (C=O) groups excluding carboxylic acids is 3. The van der Waals surface area contributed by atoms with Crippen molar-refractivity contribution in [2.24, 2.45) is 0 Å². The van der Waals surface area contributed by atoms with Crippen LogP contribution in [0.2, 0.25) is 0 Å². The minimum absolute atomic E-state index is 0.0550. The summed E-state index contributed by atoms with van der Waals surface area (Å²) in [6.07, 6.45) is 1.96. The van der Waals surface area contributed by atoms with Crippen LogP contribution < -0.4 is 15.5 Å². The van der Waals surface area contributed by atoms with Crippen LogP contribution in [0.15, 0.2) is 4.34 Å². The number of imide groups is 1. The van der Waals surface area contributed by atoms with E-state index in [1.165, 1.54) is 37.1 Å². The molecule has 0 saturated heterocycles. The van der Waals surface area contributed by atoms with Gasteiger partial charge in [-0.15, -0.1) is 10.2 Å². The first-order valence-corrected chi connectivity index (χ1v) is 8.44. The maximum Gasteiger partial charge on any atom is 0.321 e. The fraction of sp³-hybridized carbons (Fsp3) is 0.583. The number of nitrogens with zero attached hydrogens (tertiary/aromatic N) is 3. The number of anilines is 1. The van der Waals surface area contributed by atoms with Crippen molar-refractivity contribution in [3.05, 3.63) is 0 Å². The highest BCUT2D eigenvalue weighted by molar-refractivity contribution is 8.02. The highest BCUT2D eigenvalue weighted by Gasteiger charge is 2.34. The van der Waals surface area contributed by atoms with E-state index in [1.54, 1.807) is 11.8 Å². The first kappa shape index (κ1) is 16.7. The number of amides is 4. The molecule has 10 heteroatoms. The molecule has 0 aromatic carbocycles. The third-order valence-corrected chi connectivity index (χ3v) is 5.07. The van der Waals surface area contributed by atoms with E-state index in [2.05, 4.69) is 20.8 Å². The lowest BCUT2D eigenvalue weighted by Gasteiger charge is -2.15. The minimum Gasteiger partial charge on any atom is -0.341 e. The number of hydrogen-bond donors (Lipinski definition) is 2. The molecular formula is C12H17N5O3S2. The summed E-state index contributed by atoms with van der Waals surface area (Å²) in [7, 11) is 1.44. The van der Waals surface area contributed by atoms with Crippen LogP contribution in [0.3, 0.4) is 0 Å². The Balaban J connectivity index is 1.98. The van der Waals surface area contributed by atoms with Gasteiger partial charge in [-0.05, 0) is 19.8 Å². The standard InChI is InChI=1S/C12H17N5O3S2/c1-6(9(19)14-10(20)13-3)21-12-16-15-11(22-12)17(7(2)18)8-4-5-8/h6,8H,4-5H2,1-3H3,(H2,13,14,19,20). The van der Waals surface area contributed by atoms with Crippen LogP contribution in [0.25, 0.3) is 0 Å². The van der Waals surface area contributed by atoms with Gasteiger partial charge in [0.25, 0.3) is 0 Å². The zero-order valence-electron chi connectivity index (χ0n) is 12.5. The number of carbonyl (C=O) groups is 3. The fourth-order valence-corrected chi connectivity index (χ4v) is 3.81. The third kappa shape index (κ3) is 4.17. The lowest BCUT2D eigenvalue weighted by molar-refractivity contribution is -0.119. The van der Waals surface area contributed by atoms with Crippen molar-refractivity contribution in [2.75, 3.05) is 11.9 Å². The number of aromatic nitrogens is 2. The molecule has 4 amide bonds. The van der Waals surface area contributed by atoms with Gasteiger partial charge in [0, 0.05) is 20.0 Å². The summed E-state index contributed by atoms with van der Waals surface area (Å²) in [5.74, 6) is -0.465. The predicted molar refractivity (Wildman–Crippen MR) is 84.0 cm³/mol. The second kappa shape index (κ2) is 7.05. The van der Waals surface area contributed by atoms with E-state index < -0.39 is 17.2 Å². The quantitative estimate of drug-likeness (QED) is 0.610. The topological polar surface area (TPSA) is 104 Å². The van der Waals surface area contributed by atoms with E-state index in [9.17, 15) is 14.4 Å². The highest BCUT2D eigenvalue weighted by Crippen LogP contribution is 2.36. The van der Waals surface area contributed by atoms with Crippen molar-refractivity contribution in [3.8, 4) is 0 Å². The van der Waals surface area contributed by atoms with Crippen molar-refractivity contribution in [3.63, 3.8) is 0 Å². The molecule has 1 unspecified atom stereocenters. The van der Waals surface area contributed by atoms with Crippen LogP contribution in [0.4, 0.5) is 9.93 Å². The summed E-state index contributed by atoms with van der Waals surface area (Å²) < 4.78 is 0.585. The van der Waals surface area contributed by atoms with Gasteiger partial charge in [0.2, 0.25) is 16.9 Å². The lowest BCUT2D eigenvalue weighted by atomic mass is 10.4. The molecule has 0 spiro atoms. The van der Waals surface area contributed by atoms with Gasteiger partial charge in [0.1, 0.15) is 0 Å². The van der Waals surface area contributed by atoms with Crippen molar-refractivity contribution in [2.45, 2.75) is 42.3 Å². The third-order valence-electron chi connectivity index (χ3n) is 2.96. The number of rotatable bonds is 5. The molecule has 2 rings (SSSR count). The molecule has 1 aromatic rings. The molecule has 1 heterocycles. The second-order valence-electron chi connectivity index (χ2n) is 4.80. The van der Waals surface area contributed by atoms with Gasteiger partial charge in [-0.1, -0.05) is 23.1 Å². The molecule has 0 radical (unpaired) electrons. The molecule has 1 saturated carbocycles. The van der Waals surface area contributed by atoms with Crippen LogP contribution in [0, 0.1) is 0 Å². The zero-order chi connectivity index (χ0) is 16.3. The first-order valence-electron chi connectivity index (χ1n) is 6.75. The Morgan fingerprint density at radius 1 is 1.36 bits per heavy atom. The molecule has 1 fully saturated rings. The SMILES string of the molecule is CNC(=O)NC(=O)C(C)Sc1nnc(N(C(C)=O)C2CC2)s1. The van der Waals surface area contributed by atoms with E-state index in [0.29, 0.717) is 9.47 Å². The molecule has 1 aliphatic carbocycles. The van der Waals surface area contributed by atoms with Crippen LogP contribution >= 0.6 is 23.1 Å². The van der Waals surface area contributed by atoms with Gasteiger partial charge in [-0.2, -0.15) is 0 Å². The monoisotopic (exact) mass is 343 g/mol. The van der Waals surface area contributed by atoms with Gasteiger partial charge in [0.15, 0.2) is 4.34 Å². The van der Waals surface area contributed by atoms with Crippen LogP contribution in [0.5, 0.6) is 0 Å². The Morgan fingerprint density at radius 2 is 2.05 bits per heavy atom. The predicted octanol–water partition coefficient (Wildman–Crippen LogP) is 0.990. The normalized spacial score (nSPS) is 15.0. The second-order valence-corrected chi connectivity index (χ2v) is 7.34. The Labute approximate surface area is 136 Å². The summed E-state index contributed by atoms with van der Waals surface area (Å²) in [5.41, 5.74) is 0. The Kier molecular flexibility index (Phi) is 5.35. The van der Waals surface area contributed by atoms with Gasteiger partial charge in [0.05, 0.1) is 5.25 Å². The molecule has 8 nitrogen and oxygen atoms in total. The number of nitrogens with one attached hydrogen (secondary N) is 2. The molecule has 0 bridgehead atoms. The van der Waals surface area contributed by atoms with Gasteiger partial charge in [-0.3, -0.25) is 19.8 Å². The summed E-state index contributed by atoms with van der Waals surface area (Å²) in [6.45, 7) is 3.18. The van der Waals surface area contributed by atoms with Crippen LogP contribution in [-0.2, 0) is 9.59 Å². The molecule has 22 heavy (non-hydrogen) atoms. The molecule has 1 atom stereocenters. The molecular weight excluding hydrogens is 326 g/mol. The van der Waals surface area contributed by atoms with E-state index >= 15 is 0 Å². The Bertz CT molecular complexity index is 587. The largest absolute Gasteiger partial charge is 0.341 e. The van der Waals surface area contributed by atoms with Crippen LogP contribution in [-0.4, -0.2) is 46.4 Å². The molecule has 0 aliphatic heterocycles. The van der Waals surface area contributed by atoms with E-state index in [1.807, 2.05) is 0 Å². The maximum atomic E-state index is 11.8. The molecule has 1 aromatic heterocycles. The highest BCUT2D eigenvalue weighted by atomic mass is 32.2. The Hall–Kier alpha value is -1.68. The van der Waals surface area contributed by atoms with Crippen molar-refractivity contribution < 1.29 is 14.4 Å². The molecule has 120 valence electrons. The average molecular weight is 343 g/mol. The summed E-state index contributed by atoms with van der Waals surface area (Å²) in [4.78, 5) is 36.2. The summed E-state index contributed by atoms with van der Waals surface area (Å²) in [6, 6.07) is -0.329. The fourth-order valence-electron chi connectivity index (χ4n) is 1.71. The molecule has 2 N–H and O–H groups in total. The number of hydrogen-bond acceptors (Lipinski definition) is 7. The summed E-state index contributed by atoms with van der Waals surface area (Å²) >= 11 is 2.47. The van der Waals surface area contributed by atoms with Gasteiger partial charge < -0.3 is 5.32 Å². The van der Waals surface area contributed by atoms with E-state index in [4.69, 9.17) is 0 Å². The van der Waals surface area contributed by atoms with Crippen LogP contribution in [0.1, 0.15) is 26.7 Å². The lowest BCUT2D eigenvalue weighted by Crippen LogP contribution is -2.41. The minimum atomic E-state index is -0.549. The number of thioether (sulfide) groups is 1. The van der Waals surface area contributed by atoms with Gasteiger partial charge in [-0.25, -0.2) is 4.79 Å². The first-order chi connectivity index (χ1) is 10.4.